The van der Waals surface area contributed by atoms with E-state index in [9.17, 15) is 5.11 Å². The van der Waals surface area contributed by atoms with Crippen molar-refractivity contribution in [3.63, 3.8) is 0 Å². The average molecular weight is 201 g/mol. The second-order valence-corrected chi connectivity index (χ2v) is 2.95. The SMILES string of the molecule is CCOc1ccccc1[C@H](O)CCl. The molecule has 0 radical (unpaired) electrons. The van der Waals surface area contributed by atoms with Crippen molar-refractivity contribution in [2.75, 3.05) is 12.5 Å². The van der Waals surface area contributed by atoms with Gasteiger partial charge >= 0.3 is 0 Å². The molecule has 0 aromatic heterocycles. The first-order valence-corrected chi connectivity index (χ1v) is 4.78. The minimum absolute atomic E-state index is 0.185. The Labute approximate surface area is 83.1 Å². The maximum Gasteiger partial charge on any atom is 0.125 e. The van der Waals surface area contributed by atoms with Gasteiger partial charge in [-0.2, -0.15) is 0 Å². The Morgan fingerprint density at radius 2 is 2.15 bits per heavy atom. The number of benzene rings is 1. The number of halogens is 1. The number of rotatable bonds is 4. The van der Waals surface area contributed by atoms with E-state index in [1.54, 1.807) is 0 Å². The van der Waals surface area contributed by atoms with Crippen LogP contribution in [0.1, 0.15) is 18.6 Å². The van der Waals surface area contributed by atoms with Crippen molar-refractivity contribution in [2.45, 2.75) is 13.0 Å². The van der Waals surface area contributed by atoms with Crippen molar-refractivity contribution in [1.82, 2.24) is 0 Å². The number of aliphatic hydroxyl groups excluding tert-OH is 1. The fourth-order valence-corrected chi connectivity index (χ4v) is 1.29. The predicted octanol–water partition coefficient (Wildman–Crippen LogP) is 2.36. The van der Waals surface area contributed by atoms with Crippen LogP contribution < -0.4 is 4.74 Å². The second-order valence-electron chi connectivity index (χ2n) is 2.64. The molecule has 1 aromatic rings. The number of alkyl halides is 1. The van der Waals surface area contributed by atoms with Crippen LogP contribution in [0.2, 0.25) is 0 Å². The van der Waals surface area contributed by atoms with E-state index in [1.165, 1.54) is 0 Å². The highest BCUT2D eigenvalue weighted by molar-refractivity contribution is 6.18. The molecule has 0 unspecified atom stereocenters. The molecule has 0 bridgehead atoms. The molecule has 72 valence electrons. The summed E-state index contributed by atoms with van der Waals surface area (Å²) in [6, 6.07) is 7.37. The Morgan fingerprint density at radius 3 is 2.77 bits per heavy atom. The third-order valence-electron chi connectivity index (χ3n) is 1.72. The van der Waals surface area contributed by atoms with Crippen molar-refractivity contribution in [1.29, 1.82) is 0 Å². The van der Waals surface area contributed by atoms with E-state index >= 15 is 0 Å². The molecule has 0 aliphatic carbocycles. The average Bonchev–Trinajstić information content (AvgIpc) is 2.18. The van der Waals surface area contributed by atoms with E-state index in [-0.39, 0.29) is 5.88 Å². The van der Waals surface area contributed by atoms with Crippen molar-refractivity contribution >= 4 is 11.6 Å². The fourth-order valence-electron chi connectivity index (χ4n) is 1.13. The summed E-state index contributed by atoms with van der Waals surface area (Å²) in [5.41, 5.74) is 0.749. The van der Waals surface area contributed by atoms with E-state index in [0.29, 0.717) is 12.4 Å². The third-order valence-corrected chi connectivity index (χ3v) is 2.02. The number of para-hydroxylation sites is 1. The quantitative estimate of drug-likeness (QED) is 0.757. The number of hydrogen-bond donors (Lipinski definition) is 1. The topological polar surface area (TPSA) is 29.5 Å². The molecule has 2 nitrogen and oxygen atoms in total. The largest absolute Gasteiger partial charge is 0.493 e. The Balaban J connectivity index is 2.90. The van der Waals surface area contributed by atoms with Crippen molar-refractivity contribution in [3.05, 3.63) is 29.8 Å². The van der Waals surface area contributed by atoms with E-state index in [1.807, 2.05) is 31.2 Å². The molecule has 13 heavy (non-hydrogen) atoms. The van der Waals surface area contributed by atoms with Crippen molar-refractivity contribution < 1.29 is 9.84 Å². The van der Waals surface area contributed by atoms with Gasteiger partial charge in [-0.3, -0.25) is 0 Å². The fraction of sp³-hybridized carbons (Fsp3) is 0.400. The molecule has 0 spiro atoms. The summed E-state index contributed by atoms with van der Waals surface area (Å²) in [6.07, 6.45) is -0.649. The van der Waals surface area contributed by atoms with Crippen LogP contribution >= 0.6 is 11.6 Å². The molecule has 0 saturated carbocycles. The van der Waals surface area contributed by atoms with E-state index in [2.05, 4.69) is 0 Å². The monoisotopic (exact) mass is 200 g/mol. The molecule has 1 aromatic carbocycles. The lowest BCUT2D eigenvalue weighted by Gasteiger charge is -2.12. The maximum absolute atomic E-state index is 9.52. The highest BCUT2D eigenvalue weighted by Gasteiger charge is 2.10. The van der Waals surface area contributed by atoms with Crippen LogP contribution in [-0.2, 0) is 0 Å². The minimum Gasteiger partial charge on any atom is -0.493 e. The second kappa shape index (κ2) is 5.10. The van der Waals surface area contributed by atoms with E-state index in [0.717, 1.165) is 5.56 Å². The van der Waals surface area contributed by atoms with Gasteiger partial charge in [-0.15, -0.1) is 11.6 Å². The number of aliphatic hydroxyl groups is 1. The summed E-state index contributed by atoms with van der Waals surface area (Å²) in [6.45, 7) is 2.50. The lowest BCUT2D eigenvalue weighted by molar-refractivity contribution is 0.195. The molecular weight excluding hydrogens is 188 g/mol. The Morgan fingerprint density at radius 1 is 1.46 bits per heavy atom. The summed E-state index contributed by atoms with van der Waals surface area (Å²) >= 11 is 5.55. The van der Waals surface area contributed by atoms with Gasteiger partial charge in [-0.25, -0.2) is 0 Å². The zero-order valence-corrected chi connectivity index (χ0v) is 8.29. The zero-order chi connectivity index (χ0) is 9.68. The molecule has 1 N–H and O–H groups in total. The van der Waals surface area contributed by atoms with Crippen LogP contribution in [-0.4, -0.2) is 17.6 Å². The van der Waals surface area contributed by atoms with Crippen LogP contribution in [0.25, 0.3) is 0 Å². The van der Waals surface area contributed by atoms with Gasteiger partial charge in [0.15, 0.2) is 0 Å². The van der Waals surface area contributed by atoms with Crippen LogP contribution in [0, 0.1) is 0 Å². The first-order valence-electron chi connectivity index (χ1n) is 4.25. The zero-order valence-electron chi connectivity index (χ0n) is 7.53. The molecule has 1 atom stereocenters. The highest BCUT2D eigenvalue weighted by Crippen LogP contribution is 2.25. The predicted molar refractivity (Wildman–Crippen MR) is 53.3 cm³/mol. The van der Waals surface area contributed by atoms with Crippen molar-refractivity contribution in [3.8, 4) is 5.75 Å². The van der Waals surface area contributed by atoms with Gasteiger partial charge in [-0.1, -0.05) is 18.2 Å². The highest BCUT2D eigenvalue weighted by atomic mass is 35.5. The molecular formula is C10H13ClO2. The lowest BCUT2D eigenvalue weighted by Crippen LogP contribution is -2.03. The third kappa shape index (κ3) is 2.61. The number of ether oxygens (including phenoxy) is 1. The Bertz CT molecular complexity index is 263. The molecule has 0 aliphatic rings. The normalized spacial score (nSPS) is 12.5. The van der Waals surface area contributed by atoms with Gasteiger partial charge in [0.2, 0.25) is 0 Å². The van der Waals surface area contributed by atoms with Crippen molar-refractivity contribution in [2.24, 2.45) is 0 Å². The van der Waals surface area contributed by atoms with Crippen LogP contribution in [0.15, 0.2) is 24.3 Å². The van der Waals surface area contributed by atoms with Crippen LogP contribution in [0.5, 0.6) is 5.75 Å². The molecule has 1 rings (SSSR count). The molecule has 0 heterocycles. The van der Waals surface area contributed by atoms with Crippen LogP contribution in [0.3, 0.4) is 0 Å². The molecule has 3 heteroatoms. The van der Waals surface area contributed by atoms with Gasteiger partial charge in [0.05, 0.1) is 18.6 Å². The first-order chi connectivity index (χ1) is 6.29. The first kappa shape index (κ1) is 10.4. The minimum atomic E-state index is -0.649. The Hall–Kier alpha value is -0.730. The summed E-state index contributed by atoms with van der Waals surface area (Å²) < 4.78 is 5.34. The molecule has 0 amide bonds. The summed E-state index contributed by atoms with van der Waals surface area (Å²) in [5, 5.41) is 9.52. The standard InChI is InChI=1S/C10H13ClO2/c1-2-13-10-6-4-3-5-8(10)9(12)7-11/h3-6,9,12H,2,7H2,1H3/t9-/m1/s1. The summed E-state index contributed by atoms with van der Waals surface area (Å²) in [7, 11) is 0. The maximum atomic E-state index is 9.52. The van der Waals surface area contributed by atoms with Gasteiger partial charge in [0.1, 0.15) is 5.75 Å². The molecule has 0 saturated heterocycles. The summed E-state index contributed by atoms with van der Waals surface area (Å²) in [4.78, 5) is 0. The smallest absolute Gasteiger partial charge is 0.125 e. The van der Waals surface area contributed by atoms with Gasteiger partial charge in [-0.05, 0) is 13.0 Å². The molecule has 0 aliphatic heterocycles. The van der Waals surface area contributed by atoms with Gasteiger partial charge in [0.25, 0.3) is 0 Å². The van der Waals surface area contributed by atoms with E-state index < -0.39 is 6.10 Å². The van der Waals surface area contributed by atoms with E-state index in [4.69, 9.17) is 16.3 Å². The molecule has 0 fully saturated rings. The van der Waals surface area contributed by atoms with Gasteiger partial charge in [0, 0.05) is 5.56 Å². The van der Waals surface area contributed by atoms with Crippen LogP contribution in [0.4, 0.5) is 0 Å². The van der Waals surface area contributed by atoms with Gasteiger partial charge < -0.3 is 9.84 Å². The lowest BCUT2D eigenvalue weighted by atomic mass is 10.1. The summed E-state index contributed by atoms with van der Waals surface area (Å²) in [5.74, 6) is 0.891. The number of hydrogen-bond acceptors (Lipinski definition) is 2. The Kier molecular flexibility index (Phi) is 4.06.